The minimum absolute atomic E-state index is 0.168. The fraction of sp³-hybridized carbons (Fsp3) is 0.150. The molecule has 1 heterocycles. The summed E-state index contributed by atoms with van der Waals surface area (Å²) in [6, 6.07) is 14.6. The van der Waals surface area contributed by atoms with Gasteiger partial charge in [-0.2, -0.15) is 5.10 Å². The van der Waals surface area contributed by atoms with Crippen LogP contribution in [0.4, 0.5) is 5.69 Å². The van der Waals surface area contributed by atoms with Crippen LogP contribution in [0.5, 0.6) is 0 Å². The van der Waals surface area contributed by atoms with Crippen molar-refractivity contribution in [3.05, 3.63) is 77.6 Å². The molecule has 0 unspecified atom stereocenters. The average molecular weight is 349 g/mol. The molecule has 1 amide bonds. The fourth-order valence-corrected chi connectivity index (χ4v) is 2.47. The monoisotopic (exact) mass is 349 g/mol. The van der Waals surface area contributed by atoms with Crippen LogP contribution in [0.15, 0.2) is 60.9 Å². The molecule has 0 atom stereocenters. The molecule has 1 N–H and O–H groups in total. The van der Waals surface area contributed by atoms with E-state index in [-0.39, 0.29) is 12.5 Å². The molecule has 0 fully saturated rings. The highest BCUT2D eigenvalue weighted by Gasteiger charge is 2.11. The Kier molecular flexibility index (Phi) is 5.12. The molecule has 6 heteroatoms. The van der Waals surface area contributed by atoms with E-state index in [1.165, 1.54) is 6.92 Å². The van der Waals surface area contributed by atoms with Crippen LogP contribution in [0, 0.1) is 6.92 Å². The predicted octanol–water partition coefficient (Wildman–Crippen LogP) is 3.50. The van der Waals surface area contributed by atoms with Gasteiger partial charge in [0.15, 0.2) is 0 Å². The van der Waals surface area contributed by atoms with Crippen molar-refractivity contribution in [2.75, 3.05) is 5.32 Å². The molecular weight excluding hydrogens is 330 g/mol. The van der Waals surface area contributed by atoms with Crippen LogP contribution in [-0.2, 0) is 16.1 Å². The van der Waals surface area contributed by atoms with Crippen molar-refractivity contribution in [2.45, 2.75) is 20.5 Å². The minimum atomic E-state index is -0.437. The van der Waals surface area contributed by atoms with Gasteiger partial charge in [-0.3, -0.25) is 4.79 Å². The fourth-order valence-electron chi connectivity index (χ4n) is 2.47. The molecule has 0 saturated carbocycles. The number of aryl methyl sites for hydroxylation is 1. The van der Waals surface area contributed by atoms with E-state index in [0.29, 0.717) is 11.3 Å². The Morgan fingerprint density at radius 3 is 2.58 bits per heavy atom. The lowest BCUT2D eigenvalue weighted by molar-refractivity contribution is -0.114. The SMILES string of the molecule is CC(=O)Nc1cc(C(=O)OCc2ccc(-n3cccn3)cc2)ccc1C. The Bertz CT molecular complexity index is 916. The second-order valence-electron chi connectivity index (χ2n) is 5.90. The quantitative estimate of drug-likeness (QED) is 0.716. The van der Waals surface area contributed by atoms with Gasteiger partial charge in [0, 0.05) is 25.0 Å². The zero-order valence-electron chi connectivity index (χ0n) is 14.6. The van der Waals surface area contributed by atoms with E-state index in [2.05, 4.69) is 10.4 Å². The Morgan fingerprint density at radius 1 is 1.15 bits per heavy atom. The molecule has 3 aromatic rings. The number of ether oxygens (including phenoxy) is 1. The summed E-state index contributed by atoms with van der Waals surface area (Å²) in [6.45, 7) is 3.46. The molecule has 26 heavy (non-hydrogen) atoms. The van der Waals surface area contributed by atoms with Crippen molar-refractivity contribution in [3.8, 4) is 5.69 Å². The number of nitrogens with zero attached hydrogens (tertiary/aromatic N) is 2. The van der Waals surface area contributed by atoms with E-state index >= 15 is 0 Å². The minimum Gasteiger partial charge on any atom is -0.457 e. The second-order valence-corrected chi connectivity index (χ2v) is 5.90. The lowest BCUT2D eigenvalue weighted by Crippen LogP contribution is -2.10. The van der Waals surface area contributed by atoms with E-state index in [0.717, 1.165) is 16.8 Å². The van der Waals surface area contributed by atoms with Crippen molar-refractivity contribution in [3.63, 3.8) is 0 Å². The molecule has 6 nitrogen and oxygen atoms in total. The molecule has 3 rings (SSSR count). The highest BCUT2D eigenvalue weighted by atomic mass is 16.5. The summed E-state index contributed by atoms with van der Waals surface area (Å²) >= 11 is 0. The van der Waals surface area contributed by atoms with E-state index in [1.54, 1.807) is 29.1 Å². The van der Waals surface area contributed by atoms with Crippen molar-refractivity contribution in [1.29, 1.82) is 0 Å². The maximum absolute atomic E-state index is 12.3. The highest BCUT2D eigenvalue weighted by Crippen LogP contribution is 2.18. The standard InChI is InChI=1S/C20H19N3O3/c1-14-4-7-17(12-19(14)22-15(2)24)20(25)26-13-16-5-8-18(9-6-16)23-11-3-10-21-23/h3-12H,13H2,1-2H3,(H,22,24). The topological polar surface area (TPSA) is 73.2 Å². The third kappa shape index (κ3) is 4.16. The van der Waals surface area contributed by atoms with Crippen LogP contribution >= 0.6 is 0 Å². The maximum Gasteiger partial charge on any atom is 0.338 e. The van der Waals surface area contributed by atoms with E-state index < -0.39 is 5.97 Å². The van der Waals surface area contributed by atoms with Gasteiger partial charge in [-0.05, 0) is 48.4 Å². The Hall–Kier alpha value is -3.41. The smallest absolute Gasteiger partial charge is 0.338 e. The second kappa shape index (κ2) is 7.65. The molecule has 0 saturated heterocycles. The van der Waals surface area contributed by atoms with Crippen molar-refractivity contribution in [1.82, 2.24) is 9.78 Å². The number of aromatic nitrogens is 2. The van der Waals surface area contributed by atoms with Crippen molar-refractivity contribution >= 4 is 17.6 Å². The first kappa shape index (κ1) is 17.4. The Labute approximate surface area is 151 Å². The van der Waals surface area contributed by atoms with E-state index in [4.69, 9.17) is 4.74 Å². The van der Waals surface area contributed by atoms with E-state index in [1.807, 2.05) is 43.5 Å². The van der Waals surface area contributed by atoms with Crippen molar-refractivity contribution in [2.24, 2.45) is 0 Å². The van der Waals surface area contributed by atoms with Crippen LogP contribution in [0.3, 0.4) is 0 Å². The van der Waals surface area contributed by atoms with Crippen LogP contribution in [0.2, 0.25) is 0 Å². The van der Waals surface area contributed by atoms with Crippen LogP contribution in [-0.4, -0.2) is 21.7 Å². The summed E-state index contributed by atoms with van der Waals surface area (Å²) in [5.74, 6) is -0.622. The number of nitrogens with one attached hydrogen (secondary N) is 1. The first-order valence-corrected chi connectivity index (χ1v) is 8.17. The number of rotatable bonds is 5. The van der Waals surface area contributed by atoms with Gasteiger partial charge < -0.3 is 10.1 Å². The van der Waals surface area contributed by atoms with Gasteiger partial charge in [-0.25, -0.2) is 9.48 Å². The molecule has 1 aromatic heterocycles. The molecule has 0 aliphatic heterocycles. The molecule has 0 radical (unpaired) electrons. The molecule has 0 aliphatic rings. The van der Waals surface area contributed by atoms with Gasteiger partial charge in [0.25, 0.3) is 0 Å². The molecule has 0 spiro atoms. The number of amides is 1. The summed E-state index contributed by atoms with van der Waals surface area (Å²) in [4.78, 5) is 23.5. The Balaban J connectivity index is 1.64. The number of carbonyl (C=O) groups excluding carboxylic acids is 2. The maximum atomic E-state index is 12.3. The largest absolute Gasteiger partial charge is 0.457 e. The first-order valence-electron chi connectivity index (χ1n) is 8.17. The van der Waals surface area contributed by atoms with Gasteiger partial charge in [-0.15, -0.1) is 0 Å². The van der Waals surface area contributed by atoms with Crippen LogP contribution < -0.4 is 5.32 Å². The van der Waals surface area contributed by atoms with E-state index in [9.17, 15) is 9.59 Å². The molecular formula is C20H19N3O3. The molecule has 132 valence electrons. The molecule has 0 bridgehead atoms. The third-order valence-electron chi connectivity index (χ3n) is 3.86. The average Bonchev–Trinajstić information content (AvgIpc) is 3.16. The number of esters is 1. The number of carbonyl (C=O) groups is 2. The summed E-state index contributed by atoms with van der Waals surface area (Å²) in [5.41, 5.74) is 3.70. The third-order valence-corrected chi connectivity index (χ3v) is 3.86. The number of hydrogen-bond acceptors (Lipinski definition) is 4. The number of anilines is 1. The van der Waals surface area contributed by atoms with Gasteiger partial charge in [0.1, 0.15) is 6.61 Å². The Morgan fingerprint density at radius 2 is 1.92 bits per heavy atom. The van der Waals surface area contributed by atoms with Crippen LogP contribution in [0.1, 0.15) is 28.4 Å². The van der Waals surface area contributed by atoms with Gasteiger partial charge in [0.2, 0.25) is 5.91 Å². The van der Waals surface area contributed by atoms with Crippen molar-refractivity contribution < 1.29 is 14.3 Å². The summed E-state index contributed by atoms with van der Waals surface area (Å²) < 4.78 is 7.13. The first-order chi connectivity index (χ1) is 12.5. The predicted molar refractivity (Wildman–Crippen MR) is 98.2 cm³/mol. The number of hydrogen-bond donors (Lipinski definition) is 1. The summed E-state index contributed by atoms with van der Waals surface area (Å²) in [6.07, 6.45) is 3.57. The van der Waals surface area contributed by atoms with Gasteiger partial charge in [-0.1, -0.05) is 18.2 Å². The summed E-state index contributed by atoms with van der Waals surface area (Å²) in [5, 5.41) is 6.87. The zero-order valence-corrected chi connectivity index (χ0v) is 14.6. The van der Waals surface area contributed by atoms with Gasteiger partial charge in [0.05, 0.1) is 11.3 Å². The van der Waals surface area contributed by atoms with Crippen LogP contribution in [0.25, 0.3) is 5.69 Å². The normalized spacial score (nSPS) is 10.4. The lowest BCUT2D eigenvalue weighted by atomic mass is 10.1. The molecule has 2 aromatic carbocycles. The lowest BCUT2D eigenvalue weighted by Gasteiger charge is -2.10. The molecule has 0 aliphatic carbocycles. The van der Waals surface area contributed by atoms with Gasteiger partial charge >= 0.3 is 5.97 Å². The zero-order chi connectivity index (χ0) is 18.5. The summed E-state index contributed by atoms with van der Waals surface area (Å²) in [7, 11) is 0. The highest BCUT2D eigenvalue weighted by molar-refractivity contribution is 5.94. The number of benzene rings is 2.